The number of aromatic nitrogens is 1. The molecule has 82 valence electrons. The summed E-state index contributed by atoms with van der Waals surface area (Å²) in [7, 11) is 0. The Labute approximate surface area is 87.8 Å². The first-order valence-corrected chi connectivity index (χ1v) is 4.93. The van der Waals surface area contributed by atoms with Gasteiger partial charge in [-0.15, -0.1) is 0 Å². The number of pyridine rings is 1. The summed E-state index contributed by atoms with van der Waals surface area (Å²) in [5.74, 6) is 0.127. The van der Waals surface area contributed by atoms with Gasteiger partial charge in [-0.3, -0.25) is 0 Å². The van der Waals surface area contributed by atoms with Crippen LogP contribution in [0.2, 0.25) is 0 Å². The quantitative estimate of drug-likeness (QED) is 0.433. The Morgan fingerprint density at radius 2 is 1.80 bits per heavy atom. The van der Waals surface area contributed by atoms with Crippen LogP contribution in [0.15, 0.2) is 6.07 Å². The highest BCUT2D eigenvalue weighted by molar-refractivity contribution is 5.78. The fourth-order valence-corrected chi connectivity index (χ4v) is 1.95. The van der Waals surface area contributed by atoms with E-state index in [-0.39, 0.29) is 11.6 Å². The molecule has 0 unspecified atom stereocenters. The highest BCUT2D eigenvalue weighted by Crippen LogP contribution is 2.31. The molecule has 6 heteroatoms. The Morgan fingerprint density at radius 3 is 2.40 bits per heavy atom. The molecule has 0 bridgehead atoms. The van der Waals surface area contributed by atoms with Crippen molar-refractivity contribution in [2.24, 2.45) is 0 Å². The van der Waals surface area contributed by atoms with E-state index in [1.54, 1.807) is 0 Å². The minimum atomic E-state index is 0.0351. The van der Waals surface area contributed by atoms with Crippen molar-refractivity contribution in [3.8, 4) is 0 Å². The molecule has 0 radical (unpaired) electrons. The van der Waals surface area contributed by atoms with Crippen LogP contribution in [0.3, 0.4) is 0 Å². The summed E-state index contributed by atoms with van der Waals surface area (Å²) in [6, 6.07) is 1.46. The van der Waals surface area contributed by atoms with E-state index < -0.39 is 0 Å². The van der Waals surface area contributed by atoms with Gasteiger partial charge in [-0.1, -0.05) is 0 Å². The van der Waals surface area contributed by atoms with Crippen molar-refractivity contribution in [2.45, 2.75) is 12.8 Å². The molecule has 2 heterocycles. The molecule has 0 spiro atoms. The van der Waals surface area contributed by atoms with E-state index in [4.69, 9.17) is 17.2 Å². The average Bonchev–Trinajstić information content (AvgIpc) is 2.68. The highest BCUT2D eigenvalue weighted by atomic mass is 16.5. The van der Waals surface area contributed by atoms with Gasteiger partial charge in [0, 0.05) is 19.2 Å². The van der Waals surface area contributed by atoms with Gasteiger partial charge in [0.2, 0.25) is 11.6 Å². The first-order valence-electron chi connectivity index (χ1n) is 4.93. The molecule has 1 aliphatic heterocycles. The van der Waals surface area contributed by atoms with Crippen molar-refractivity contribution in [3.05, 3.63) is 11.3 Å². The van der Waals surface area contributed by atoms with E-state index in [1.807, 2.05) is 4.90 Å². The second-order valence-electron chi connectivity index (χ2n) is 3.75. The molecule has 6 N–H and O–H groups in total. The monoisotopic (exact) mass is 209 g/mol. The van der Waals surface area contributed by atoms with Crippen LogP contribution < -0.4 is 26.8 Å². The number of nitrogens with two attached hydrogens (primary N) is 3. The Morgan fingerprint density at radius 1 is 1.20 bits per heavy atom. The summed E-state index contributed by atoms with van der Waals surface area (Å²) in [5, 5.41) is 11.5. The molecule has 0 aliphatic carbocycles. The van der Waals surface area contributed by atoms with Crippen LogP contribution in [0.1, 0.15) is 12.8 Å². The van der Waals surface area contributed by atoms with Gasteiger partial charge in [0.1, 0.15) is 5.69 Å². The molecule has 1 fully saturated rings. The maximum atomic E-state index is 11.5. The van der Waals surface area contributed by atoms with Gasteiger partial charge < -0.3 is 27.3 Å². The lowest BCUT2D eigenvalue weighted by Gasteiger charge is -2.23. The third-order valence-corrected chi connectivity index (χ3v) is 2.70. The van der Waals surface area contributed by atoms with Gasteiger partial charge in [0.25, 0.3) is 0 Å². The zero-order valence-electron chi connectivity index (χ0n) is 8.44. The van der Waals surface area contributed by atoms with E-state index in [1.165, 1.54) is 6.07 Å². The third kappa shape index (κ3) is 1.47. The summed E-state index contributed by atoms with van der Waals surface area (Å²) in [5.41, 5.74) is 18.1. The molecule has 0 saturated carbocycles. The van der Waals surface area contributed by atoms with E-state index in [9.17, 15) is 5.21 Å². The zero-order chi connectivity index (χ0) is 11.0. The van der Waals surface area contributed by atoms with Gasteiger partial charge in [-0.2, -0.15) is 0 Å². The summed E-state index contributed by atoms with van der Waals surface area (Å²) >= 11 is 0. The molecule has 1 saturated heterocycles. The van der Waals surface area contributed by atoms with Gasteiger partial charge in [0.05, 0.1) is 5.69 Å². The van der Waals surface area contributed by atoms with E-state index in [0.717, 1.165) is 25.9 Å². The highest BCUT2D eigenvalue weighted by Gasteiger charge is 2.21. The number of anilines is 4. The lowest BCUT2D eigenvalue weighted by atomic mass is 10.3. The van der Waals surface area contributed by atoms with Crippen LogP contribution >= 0.6 is 0 Å². The molecule has 1 aromatic rings. The number of rotatable bonds is 1. The number of hydrogen-bond acceptors (Lipinski definition) is 5. The second-order valence-corrected chi connectivity index (χ2v) is 3.75. The molecular formula is C9H15N5O. The Kier molecular flexibility index (Phi) is 2.18. The molecule has 0 aromatic carbocycles. The molecule has 2 rings (SSSR count). The van der Waals surface area contributed by atoms with Gasteiger partial charge in [-0.25, -0.2) is 4.73 Å². The first-order chi connectivity index (χ1) is 7.11. The third-order valence-electron chi connectivity index (χ3n) is 2.70. The fourth-order valence-electron chi connectivity index (χ4n) is 1.95. The zero-order valence-corrected chi connectivity index (χ0v) is 8.44. The SMILES string of the molecule is Nc1cc(N)[n+]([O-])c(N)c1N1CCCC1. The topological polar surface area (TPSA) is 108 Å². The largest absolute Gasteiger partial charge is 0.740 e. The Hall–Kier alpha value is -1.85. The van der Waals surface area contributed by atoms with Crippen molar-refractivity contribution in [1.29, 1.82) is 0 Å². The fraction of sp³-hybridized carbons (Fsp3) is 0.444. The van der Waals surface area contributed by atoms with Gasteiger partial charge in [0.15, 0.2) is 0 Å². The molecular weight excluding hydrogens is 194 g/mol. The Bertz CT molecular complexity index is 387. The molecule has 15 heavy (non-hydrogen) atoms. The minimum Gasteiger partial charge on any atom is -0.740 e. The van der Waals surface area contributed by atoms with Crippen LogP contribution in [-0.2, 0) is 0 Å². The predicted octanol–water partition coefficient (Wildman–Crippen LogP) is -0.333. The van der Waals surface area contributed by atoms with E-state index in [0.29, 0.717) is 16.1 Å². The Balaban J connectivity index is 2.50. The maximum Gasteiger partial charge on any atom is 0.245 e. The number of hydrogen-bond donors (Lipinski definition) is 3. The van der Waals surface area contributed by atoms with Crippen molar-refractivity contribution in [1.82, 2.24) is 0 Å². The van der Waals surface area contributed by atoms with Crippen molar-refractivity contribution >= 4 is 23.0 Å². The number of nitrogens with zero attached hydrogens (tertiary/aromatic N) is 2. The first kappa shape index (κ1) is 9.70. The molecule has 1 aliphatic rings. The standard InChI is InChI=1S/C9H15N5O/c10-6-5-7(11)14(15)9(12)8(6)13-3-1-2-4-13/h5H,1-4,10-12H2. The summed E-state index contributed by atoms with van der Waals surface area (Å²) < 4.78 is 0.518. The molecule has 0 atom stereocenters. The van der Waals surface area contributed by atoms with Crippen LogP contribution in [0.25, 0.3) is 0 Å². The summed E-state index contributed by atoms with van der Waals surface area (Å²) in [6.07, 6.45) is 2.20. The molecule has 1 aromatic heterocycles. The van der Waals surface area contributed by atoms with Crippen molar-refractivity contribution in [3.63, 3.8) is 0 Å². The lowest BCUT2D eigenvalue weighted by molar-refractivity contribution is -0.573. The van der Waals surface area contributed by atoms with Gasteiger partial charge in [-0.05, 0) is 12.8 Å². The summed E-state index contributed by atoms with van der Waals surface area (Å²) in [4.78, 5) is 2.03. The normalized spacial score (nSPS) is 15.9. The lowest BCUT2D eigenvalue weighted by Crippen LogP contribution is -2.37. The average molecular weight is 209 g/mol. The predicted molar refractivity (Wildman–Crippen MR) is 60.1 cm³/mol. The smallest absolute Gasteiger partial charge is 0.245 e. The van der Waals surface area contributed by atoms with Gasteiger partial charge >= 0.3 is 0 Å². The van der Waals surface area contributed by atoms with Crippen molar-refractivity contribution in [2.75, 3.05) is 35.2 Å². The maximum absolute atomic E-state index is 11.5. The van der Waals surface area contributed by atoms with Crippen LogP contribution in [0, 0.1) is 5.21 Å². The van der Waals surface area contributed by atoms with Crippen molar-refractivity contribution < 1.29 is 4.73 Å². The second kappa shape index (κ2) is 3.38. The molecule has 0 amide bonds. The van der Waals surface area contributed by atoms with E-state index in [2.05, 4.69) is 0 Å². The minimum absolute atomic E-state index is 0.0351. The van der Waals surface area contributed by atoms with Crippen LogP contribution in [0.4, 0.5) is 23.0 Å². The molecule has 6 nitrogen and oxygen atoms in total. The van der Waals surface area contributed by atoms with E-state index >= 15 is 0 Å². The van der Waals surface area contributed by atoms with Crippen LogP contribution in [-0.4, -0.2) is 13.1 Å². The summed E-state index contributed by atoms with van der Waals surface area (Å²) in [6.45, 7) is 1.77. The van der Waals surface area contributed by atoms with Crippen LogP contribution in [0.5, 0.6) is 0 Å². The number of nitrogen functional groups attached to an aromatic ring is 3.